The Morgan fingerprint density at radius 1 is 1.23 bits per heavy atom. The van der Waals surface area contributed by atoms with Crippen LogP contribution in [0, 0.1) is 5.82 Å². The monoisotopic (exact) mass is 470 g/mol. The van der Waals surface area contributed by atoms with Crippen molar-refractivity contribution in [2.75, 3.05) is 29.9 Å². The quantitative estimate of drug-likeness (QED) is 0.535. The Morgan fingerprint density at radius 2 is 1.97 bits per heavy atom. The number of urea groups is 1. The summed E-state index contributed by atoms with van der Waals surface area (Å²) >= 11 is 18.6. The first-order valence-corrected chi connectivity index (χ1v) is 10.8. The summed E-state index contributed by atoms with van der Waals surface area (Å²) in [5, 5.41) is 3.71. The summed E-state index contributed by atoms with van der Waals surface area (Å²) in [7, 11) is 0. The Morgan fingerprint density at radius 3 is 2.63 bits per heavy atom. The highest BCUT2D eigenvalue weighted by Crippen LogP contribution is 2.34. The van der Waals surface area contributed by atoms with Gasteiger partial charge in [-0.1, -0.05) is 53.9 Å². The van der Waals surface area contributed by atoms with Gasteiger partial charge in [-0.2, -0.15) is 0 Å². The number of carbonyl (C=O) groups is 1. The van der Waals surface area contributed by atoms with Gasteiger partial charge in [-0.25, -0.2) is 9.18 Å². The molecule has 2 aromatic rings. The standard InChI is InChI=1S/C21H22Cl3FN4O/c1-2-3-5-15-13-28(20-17(23)11-26-12-18(20)24)8-4-9-29(15)21(30)27-14-6-7-19(25)16(22)10-14/h3,5-7,10-12,15H,2,4,8-9,13H2,1H3,(H,27,30)/b5-3+/t15-/m1/s1. The van der Waals surface area contributed by atoms with E-state index in [1.165, 1.54) is 18.2 Å². The molecule has 0 aliphatic carbocycles. The van der Waals surface area contributed by atoms with E-state index in [9.17, 15) is 9.18 Å². The number of amides is 2. The van der Waals surface area contributed by atoms with Gasteiger partial charge < -0.3 is 15.1 Å². The zero-order valence-electron chi connectivity index (χ0n) is 16.4. The number of hydrogen-bond acceptors (Lipinski definition) is 3. The molecular weight excluding hydrogens is 450 g/mol. The second kappa shape index (κ2) is 10.3. The molecule has 1 aliphatic heterocycles. The van der Waals surface area contributed by atoms with Crippen LogP contribution in [-0.2, 0) is 0 Å². The minimum absolute atomic E-state index is 0.0424. The fraction of sp³-hybridized carbons (Fsp3) is 0.333. The fourth-order valence-corrected chi connectivity index (χ4v) is 4.19. The maximum Gasteiger partial charge on any atom is 0.322 e. The van der Waals surface area contributed by atoms with Crippen LogP contribution in [0.1, 0.15) is 19.8 Å². The van der Waals surface area contributed by atoms with Gasteiger partial charge in [-0.05, 0) is 31.0 Å². The number of nitrogens with one attached hydrogen (secondary N) is 1. The summed E-state index contributed by atoms with van der Waals surface area (Å²) in [6.45, 7) is 3.78. The third-order valence-electron chi connectivity index (χ3n) is 4.80. The average molecular weight is 472 g/mol. The number of benzene rings is 1. The first kappa shape index (κ1) is 22.7. The van der Waals surface area contributed by atoms with E-state index in [1.54, 1.807) is 17.3 Å². The molecular formula is C21H22Cl3FN4O. The molecule has 1 atom stereocenters. The molecule has 160 valence electrons. The first-order chi connectivity index (χ1) is 14.4. The number of nitrogens with zero attached hydrogens (tertiary/aromatic N) is 3. The van der Waals surface area contributed by atoms with Gasteiger partial charge in [0.2, 0.25) is 0 Å². The van der Waals surface area contributed by atoms with Gasteiger partial charge in [0.25, 0.3) is 0 Å². The van der Waals surface area contributed by atoms with Crippen LogP contribution in [0.2, 0.25) is 15.1 Å². The molecule has 1 N–H and O–H groups in total. The predicted octanol–water partition coefficient (Wildman–Crippen LogP) is 6.26. The fourth-order valence-electron chi connectivity index (χ4n) is 3.40. The van der Waals surface area contributed by atoms with Crippen molar-refractivity contribution in [3.8, 4) is 0 Å². The maximum atomic E-state index is 13.4. The minimum atomic E-state index is -0.532. The largest absolute Gasteiger partial charge is 0.367 e. The smallest absolute Gasteiger partial charge is 0.322 e. The molecule has 2 amide bonds. The van der Waals surface area contributed by atoms with Crippen LogP contribution < -0.4 is 10.2 Å². The molecule has 30 heavy (non-hydrogen) atoms. The molecule has 1 aliphatic rings. The molecule has 0 unspecified atom stereocenters. The summed E-state index contributed by atoms with van der Waals surface area (Å²) in [4.78, 5) is 20.9. The average Bonchev–Trinajstić information content (AvgIpc) is 2.91. The highest BCUT2D eigenvalue weighted by molar-refractivity contribution is 6.38. The number of aromatic nitrogens is 1. The molecule has 1 aromatic heterocycles. The van der Waals surface area contributed by atoms with Crippen molar-refractivity contribution in [3.05, 3.63) is 63.6 Å². The van der Waals surface area contributed by atoms with Gasteiger partial charge in [0.1, 0.15) is 5.82 Å². The Balaban J connectivity index is 1.84. The number of pyridine rings is 1. The molecule has 0 radical (unpaired) electrons. The Bertz CT molecular complexity index is 920. The Kier molecular flexibility index (Phi) is 7.81. The summed E-state index contributed by atoms with van der Waals surface area (Å²) < 4.78 is 13.4. The Labute approximate surface area is 190 Å². The van der Waals surface area contributed by atoms with E-state index < -0.39 is 5.82 Å². The summed E-state index contributed by atoms with van der Waals surface area (Å²) in [5.74, 6) is -0.532. The highest BCUT2D eigenvalue weighted by atomic mass is 35.5. The zero-order chi connectivity index (χ0) is 21.7. The van der Waals surface area contributed by atoms with Crippen molar-refractivity contribution >= 4 is 52.2 Å². The highest BCUT2D eigenvalue weighted by Gasteiger charge is 2.29. The maximum absolute atomic E-state index is 13.4. The molecule has 1 fully saturated rings. The van der Waals surface area contributed by atoms with E-state index in [4.69, 9.17) is 34.8 Å². The predicted molar refractivity (Wildman–Crippen MR) is 121 cm³/mol. The number of hydrogen-bond donors (Lipinski definition) is 1. The zero-order valence-corrected chi connectivity index (χ0v) is 18.7. The molecule has 0 spiro atoms. The normalized spacial score (nSPS) is 17.3. The van der Waals surface area contributed by atoms with E-state index >= 15 is 0 Å². The van der Waals surface area contributed by atoms with Gasteiger partial charge in [0.05, 0.1) is 26.8 Å². The topological polar surface area (TPSA) is 48.5 Å². The van der Waals surface area contributed by atoms with Crippen LogP contribution in [-0.4, -0.2) is 41.6 Å². The van der Waals surface area contributed by atoms with Gasteiger partial charge in [0.15, 0.2) is 0 Å². The number of halogens is 4. The first-order valence-electron chi connectivity index (χ1n) is 9.64. The van der Waals surface area contributed by atoms with Crippen molar-refractivity contribution < 1.29 is 9.18 Å². The summed E-state index contributed by atoms with van der Waals surface area (Å²) in [5.41, 5.74) is 1.15. The Hall–Kier alpha value is -2.02. The third kappa shape index (κ3) is 5.36. The molecule has 1 saturated heterocycles. The minimum Gasteiger partial charge on any atom is -0.367 e. The van der Waals surface area contributed by atoms with Gasteiger partial charge in [-0.3, -0.25) is 4.98 Å². The number of rotatable bonds is 4. The molecule has 1 aromatic carbocycles. The van der Waals surface area contributed by atoms with Crippen LogP contribution in [0.5, 0.6) is 0 Å². The summed E-state index contributed by atoms with van der Waals surface area (Å²) in [6.07, 6.45) is 8.73. The third-order valence-corrected chi connectivity index (χ3v) is 5.65. The number of allylic oxidation sites excluding steroid dienone is 1. The van der Waals surface area contributed by atoms with Crippen molar-refractivity contribution in [2.24, 2.45) is 0 Å². The second-order valence-electron chi connectivity index (χ2n) is 6.91. The molecule has 5 nitrogen and oxygen atoms in total. The van der Waals surface area contributed by atoms with Crippen LogP contribution in [0.4, 0.5) is 20.6 Å². The van der Waals surface area contributed by atoms with Crippen molar-refractivity contribution in [1.29, 1.82) is 0 Å². The van der Waals surface area contributed by atoms with Crippen LogP contribution in [0.3, 0.4) is 0 Å². The van der Waals surface area contributed by atoms with E-state index in [1.807, 2.05) is 19.1 Å². The van der Waals surface area contributed by atoms with Gasteiger partial charge >= 0.3 is 6.03 Å². The molecule has 0 saturated carbocycles. The van der Waals surface area contributed by atoms with Crippen molar-refractivity contribution in [1.82, 2.24) is 9.88 Å². The summed E-state index contributed by atoms with van der Waals surface area (Å²) in [6, 6.07) is 3.62. The van der Waals surface area contributed by atoms with Crippen LogP contribution in [0.15, 0.2) is 42.7 Å². The molecule has 3 rings (SSSR count). The lowest BCUT2D eigenvalue weighted by Crippen LogP contribution is -2.45. The lowest BCUT2D eigenvalue weighted by molar-refractivity contribution is 0.204. The lowest BCUT2D eigenvalue weighted by atomic mass is 10.2. The van der Waals surface area contributed by atoms with E-state index in [0.717, 1.165) is 18.5 Å². The van der Waals surface area contributed by atoms with E-state index in [-0.39, 0.29) is 17.1 Å². The van der Waals surface area contributed by atoms with Crippen LogP contribution >= 0.6 is 34.8 Å². The van der Waals surface area contributed by atoms with Crippen molar-refractivity contribution in [3.63, 3.8) is 0 Å². The lowest BCUT2D eigenvalue weighted by Gasteiger charge is -2.31. The molecule has 2 heterocycles. The van der Waals surface area contributed by atoms with Gasteiger partial charge in [-0.15, -0.1) is 0 Å². The van der Waals surface area contributed by atoms with Crippen LogP contribution in [0.25, 0.3) is 0 Å². The SMILES string of the molecule is CC/C=C/[C@@H]1CN(c2c(Cl)cncc2Cl)CCCN1C(=O)Nc1ccc(F)c(Cl)c1. The van der Waals surface area contributed by atoms with E-state index in [0.29, 0.717) is 35.4 Å². The molecule has 0 bridgehead atoms. The van der Waals surface area contributed by atoms with Gasteiger partial charge in [0, 0.05) is 37.7 Å². The number of anilines is 2. The second-order valence-corrected chi connectivity index (χ2v) is 8.13. The van der Waals surface area contributed by atoms with E-state index in [2.05, 4.69) is 15.2 Å². The number of carbonyl (C=O) groups excluding carboxylic acids is 1. The van der Waals surface area contributed by atoms with Crippen molar-refractivity contribution in [2.45, 2.75) is 25.8 Å². The molecule has 9 heteroatoms.